The molecule has 3 aromatic heterocycles. The molecule has 0 aliphatic carbocycles. The van der Waals surface area contributed by atoms with Crippen LogP contribution in [-0.2, 0) is 22.8 Å². The van der Waals surface area contributed by atoms with Crippen molar-refractivity contribution < 1.29 is 18.7 Å². The van der Waals surface area contributed by atoms with Crippen molar-refractivity contribution in [3.8, 4) is 11.1 Å². The van der Waals surface area contributed by atoms with Crippen LogP contribution in [0, 0.1) is 19.8 Å². The van der Waals surface area contributed by atoms with E-state index in [-0.39, 0.29) is 24.5 Å². The Morgan fingerprint density at radius 1 is 1.11 bits per heavy atom. The maximum absolute atomic E-state index is 15.4. The zero-order valence-corrected chi connectivity index (χ0v) is 30.2. The van der Waals surface area contributed by atoms with Crippen LogP contribution in [-0.4, -0.2) is 73.9 Å². The molecule has 0 aromatic carbocycles. The third-order valence-electron chi connectivity index (χ3n) is 7.17. The summed E-state index contributed by atoms with van der Waals surface area (Å²) in [4.78, 5) is 29.9. The molecule has 3 heterocycles. The third kappa shape index (κ3) is 11.4. The van der Waals surface area contributed by atoms with Crippen molar-refractivity contribution in [2.24, 2.45) is 0 Å². The first kappa shape index (κ1) is 37.0. The second kappa shape index (κ2) is 17.5. The Kier molecular flexibility index (Phi) is 14.4. The fraction of sp³-hybridized carbons (Fsp3) is 0.567. The second-order valence-corrected chi connectivity index (χ2v) is 19.9. The molecule has 3 aromatic rings. The first-order valence-corrected chi connectivity index (χ1v) is 21.0. The Hall–Kier alpha value is -2.45. The summed E-state index contributed by atoms with van der Waals surface area (Å²) in [5.41, 5.74) is 2.65. The molecule has 0 saturated carbocycles. The monoisotopic (exact) mass is 699 g/mol. The summed E-state index contributed by atoms with van der Waals surface area (Å²) in [6.07, 6.45) is 5.60. The number of carbonyl (C=O) groups is 2. The highest BCUT2D eigenvalue weighted by Crippen LogP contribution is 2.29. The molecule has 45 heavy (non-hydrogen) atoms. The lowest BCUT2D eigenvalue weighted by Gasteiger charge is -2.19. The van der Waals surface area contributed by atoms with Gasteiger partial charge in [0.05, 0.1) is 5.69 Å². The number of nitrogens with one attached hydrogen (secondary N) is 2. The fourth-order valence-corrected chi connectivity index (χ4v) is 6.17. The molecule has 3 rings (SSSR count). The number of ether oxygens (including phenoxy) is 1. The number of aryl methyl sites for hydroxylation is 2. The molecule has 10 nitrogen and oxygen atoms in total. The maximum Gasteiger partial charge on any atom is 0.270 e. The number of amides is 2. The number of hydrogen-bond donors (Lipinski definition) is 2. The van der Waals surface area contributed by atoms with Crippen LogP contribution in [0.25, 0.3) is 11.1 Å². The Morgan fingerprint density at radius 2 is 1.87 bits per heavy atom. The van der Waals surface area contributed by atoms with Crippen LogP contribution < -0.4 is 10.6 Å². The van der Waals surface area contributed by atoms with Crippen molar-refractivity contribution in [3.05, 3.63) is 47.4 Å². The number of aromatic nitrogens is 5. The summed E-state index contributed by atoms with van der Waals surface area (Å²) < 4.78 is 24.6. The molecule has 0 fully saturated rings. The van der Waals surface area contributed by atoms with Gasteiger partial charge < -0.3 is 15.4 Å². The molecule has 2 N–H and O–H groups in total. The van der Waals surface area contributed by atoms with Crippen LogP contribution in [0.1, 0.15) is 47.6 Å². The number of nitrogens with zero attached hydrogens (tertiary/aromatic N) is 5. The molecular weight excluding hydrogens is 656 g/mol. The normalized spacial score (nSPS) is 12.5. The minimum atomic E-state index is -1.22. The summed E-state index contributed by atoms with van der Waals surface area (Å²) in [5.74, 6) is -0.770. The van der Waals surface area contributed by atoms with Gasteiger partial charge in [0.1, 0.15) is 29.1 Å². The van der Waals surface area contributed by atoms with Crippen molar-refractivity contribution in [2.45, 2.75) is 89.4 Å². The van der Waals surface area contributed by atoms with E-state index in [4.69, 9.17) is 27.9 Å². The van der Waals surface area contributed by atoms with Crippen LogP contribution >= 0.6 is 35.0 Å². The number of rotatable bonds is 18. The molecule has 248 valence electrons. The summed E-state index contributed by atoms with van der Waals surface area (Å²) >= 11 is 13.5. The van der Waals surface area contributed by atoms with Gasteiger partial charge in [-0.2, -0.15) is 26.3 Å². The second-order valence-electron chi connectivity index (χ2n) is 12.1. The first-order valence-electron chi connectivity index (χ1n) is 15.0. The molecular formula is C30H44Cl2FN7O3SSi. The predicted molar refractivity (Wildman–Crippen MR) is 183 cm³/mol. The van der Waals surface area contributed by atoms with Gasteiger partial charge >= 0.3 is 0 Å². The highest BCUT2D eigenvalue weighted by molar-refractivity contribution is 7.98. The Balaban J connectivity index is 1.72. The van der Waals surface area contributed by atoms with Crippen molar-refractivity contribution in [3.63, 3.8) is 0 Å². The van der Waals surface area contributed by atoms with E-state index in [1.165, 1.54) is 6.07 Å². The SMILES string of the molecule is CSCCCn1nccc1C(=O)N[C@@H](CCCC(Cl)Cl)C(=O)Nc1ccc(-c2c(C)nn(COCC[Si](C)(C)C)c2C)c(F)n1. The maximum atomic E-state index is 15.4. The van der Waals surface area contributed by atoms with Crippen LogP contribution in [0.4, 0.5) is 10.2 Å². The average Bonchev–Trinajstić information content (AvgIpc) is 3.54. The minimum absolute atomic E-state index is 0.0209. The van der Waals surface area contributed by atoms with Crippen molar-refractivity contribution in [1.29, 1.82) is 0 Å². The van der Waals surface area contributed by atoms with Gasteiger partial charge in [0.2, 0.25) is 11.9 Å². The molecule has 0 aliphatic rings. The standard InChI is InChI=1S/C30H44Cl2FN7O3SSi/c1-20-27(21(2)40(38-20)19-43-16-18-45(4,5)6)22-11-12-26(36-28(22)33)37-29(41)23(9-7-10-25(31)32)35-30(42)24-13-14-34-39(24)15-8-17-44-3/h11-14,23,25H,7-10,15-19H2,1-6H3,(H,35,42)(H,36,37,41)/t23-/m0/s1. The van der Waals surface area contributed by atoms with Gasteiger partial charge in [-0.25, -0.2) is 9.67 Å². The lowest BCUT2D eigenvalue weighted by molar-refractivity contribution is -0.118. The van der Waals surface area contributed by atoms with Crippen molar-refractivity contribution in [1.82, 2.24) is 29.9 Å². The number of pyridine rings is 1. The molecule has 0 unspecified atom stereocenters. The van der Waals surface area contributed by atoms with Crippen LogP contribution in [0.15, 0.2) is 24.4 Å². The van der Waals surface area contributed by atoms with Gasteiger partial charge in [-0.3, -0.25) is 14.3 Å². The molecule has 0 radical (unpaired) electrons. The highest BCUT2D eigenvalue weighted by atomic mass is 35.5. The van der Waals surface area contributed by atoms with Gasteiger partial charge in [-0.15, -0.1) is 23.2 Å². The molecule has 0 bridgehead atoms. The molecule has 1 atom stereocenters. The van der Waals surface area contributed by atoms with Crippen LogP contribution in [0.2, 0.25) is 25.7 Å². The lowest BCUT2D eigenvalue weighted by Crippen LogP contribution is -2.44. The zero-order valence-electron chi connectivity index (χ0n) is 26.8. The van der Waals surface area contributed by atoms with Gasteiger partial charge in [-0.1, -0.05) is 19.6 Å². The number of hydrogen-bond acceptors (Lipinski definition) is 7. The third-order valence-corrected chi connectivity index (χ3v) is 10.0. The van der Waals surface area contributed by atoms with E-state index in [2.05, 4.69) is 45.5 Å². The van der Waals surface area contributed by atoms with E-state index in [0.29, 0.717) is 42.9 Å². The van der Waals surface area contributed by atoms with E-state index in [9.17, 15) is 9.59 Å². The van der Waals surface area contributed by atoms with Crippen LogP contribution in [0.5, 0.6) is 0 Å². The summed E-state index contributed by atoms with van der Waals surface area (Å²) in [6.45, 7) is 12.0. The minimum Gasteiger partial charge on any atom is -0.360 e. The summed E-state index contributed by atoms with van der Waals surface area (Å²) in [7, 11) is -1.22. The van der Waals surface area contributed by atoms with Crippen LogP contribution in [0.3, 0.4) is 0 Å². The average molecular weight is 701 g/mol. The van der Waals surface area contributed by atoms with E-state index in [1.807, 2.05) is 20.1 Å². The summed E-state index contributed by atoms with van der Waals surface area (Å²) in [5, 5.41) is 14.2. The molecule has 0 saturated heterocycles. The van der Waals surface area contributed by atoms with Crippen molar-refractivity contribution >= 4 is 60.7 Å². The van der Waals surface area contributed by atoms with E-state index < -0.39 is 36.7 Å². The van der Waals surface area contributed by atoms with E-state index >= 15 is 4.39 Å². The number of anilines is 1. The highest BCUT2D eigenvalue weighted by Gasteiger charge is 2.25. The Morgan fingerprint density at radius 3 is 2.53 bits per heavy atom. The lowest BCUT2D eigenvalue weighted by atomic mass is 10.1. The predicted octanol–water partition coefficient (Wildman–Crippen LogP) is 6.67. The molecule has 15 heteroatoms. The molecule has 0 spiro atoms. The number of alkyl halides is 2. The van der Waals surface area contributed by atoms with E-state index in [0.717, 1.165) is 23.9 Å². The molecule has 0 aliphatic heterocycles. The van der Waals surface area contributed by atoms with Crippen molar-refractivity contribution in [2.75, 3.05) is 23.9 Å². The number of halogens is 3. The van der Waals surface area contributed by atoms with Gasteiger partial charge in [-0.05, 0) is 75.8 Å². The smallest absolute Gasteiger partial charge is 0.270 e. The number of carbonyl (C=O) groups excluding carboxylic acids is 2. The fourth-order valence-electron chi connectivity index (χ4n) is 4.69. The Bertz CT molecular complexity index is 1430. The number of thioether (sulfide) groups is 1. The van der Waals surface area contributed by atoms with Gasteiger partial charge in [0.25, 0.3) is 5.91 Å². The zero-order chi connectivity index (χ0) is 33.1. The summed E-state index contributed by atoms with van der Waals surface area (Å²) in [6, 6.07) is 4.81. The first-order chi connectivity index (χ1) is 21.3. The molecule has 2 amide bonds. The van der Waals surface area contributed by atoms with Gasteiger partial charge in [0.15, 0.2) is 0 Å². The quantitative estimate of drug-likeness (QED) is 0.0659. The largest absolute Gasteiger partial charge is 0.360 e. The Labute approximate surface area is 280 Å². The van der Waals surface area contributed by atoms with Gasteiger partial charge in [0, 0.05) is 44.2 Å². The van der Waals surface area contributed by atoms with E-state index in [1.54, 1.807) is 39.5 Å². The topological polar surface area (TPSA) is 116 Å².